The van der Waals surface area contributed by atoms with Crippen LogP contribution < -0.4 is 4.74 Å². The molecule has 0 radical (unpaired) electrons. The number of benzene rings is 2. The lowest BCUT2D eigenvalue weighted by Gasteiger charge is -2.19. The van der Waals surface area contributed by atoms with E-state index in [1.807, 2.05) is 48.7 Å². The highest BCUT2D eigenvalue weighted by Gasteiger charge is 2.14. The Morgan fingerprint density at radius 2 is 1.73 bits per heavy atom. The zero-order valence-electron chi connectivity index (χ0n) is 17.1. The van der Waals surface area contributed by atoms with E-state index in [9.17, 15) is 0 Å². The van der Waals surface area contributed by atoms with E-state index in [-0.39, 0.29) is 5.41 Å². The molecule has 0 bridgehead atoms. The summed E-state index contributed by atoms with van der Waals surface area (Å²) in [7, 11) is 0. The smallest absolute Gasteiger partial charge is 0.202 e. The maximum atomic E-state index is 5.87. The van der Waals surface area contributed by atoms with Gasteiger partial charge in [-0.05, 0) is 41.3 Å². The fraction of sp³-hybridized carbons (Fsp3) is 0.217. The molecule has 0 N–H and O–H groups in total. The highest BCUT2D eigenvalue weighted by Crippen LogP contribution is 2.24. The molecule has 3 aromatic heterocycles. The second-order valence-corrected chi connectivity index (χ2v) is 8.25. The standard InChI is InChI=1S/C23H22N6O/c1-23(2,3)16-8-10-17(11-9-16)30-15-28-13-12-20(26-28)21-25-22-18-6-4-5-7-19(18)24-14-29(22)27-21/h4-14H,15H2,1-3H3. The predicted octanol–water partition coefficient (Wildman–Crippen LogP) is 4.48. The van der Waals surface area contributed by atoms with E-state index in [0.29, 0.717) is 18.2 Å². The van der Waals surface area contributed by atoms with E-state index in [0.717, 1.165) is 22.3 Å². The number of hydrogen-bond acceptors (Lipinski definition) is 5. The third kappa shape index (κ3) is 3.39. The van der Waals surface area contributed by atoms with E-state index >= 15 is 0 Å². The zero-order valence-corrected chi connectivity index (χ0v) is 17.1. The van der Waals surface area contributed by atoms with Crippen molar-refractivity contribution in [3.8, 4) is 17.3 Å². The van der Waals surface area contributed by atoms with Crippen LogP contribution in [0.15, 0.2) is 67.1 Å². The Morgan fingerprint density at radius 3 is 2.53 bits per heavy atom. The topological polar surface area (TPSA) is 70.1 Å². The monoisotopic (exact) mass is 398 g/mol. The molecular formula is C23H22N6O. The molecule has 0 aliphatic rings. The number of para-hydroxylation sites is 1. The lowest BCUT2D eigenvalue weighted by Crippen LogP contribution is -2.11. The SMILES string of the molecule is CC(C)(C)c1ccc(OCn2ccc(-c3nc4c5ccccc5ncn4n3)n2)cc1. The van der Waals surface area contributed by atoms with Gasteiger partial charge in [0.2, 0.25) is 5.82 Å². The van der Waals surface area contributed by atoms with E-state index in [2.05, 4.69) is 53.1 Å². The van der Waals surface area contributed by atoms with Gasteiger partial charge in [-0.3, -0.25) is 0 Å². The Hall–Kier alpha value is -3.74. The number of ether oxygens (including phenoxy) is 1. The Morgan fingerprint density at radius 1 is 0.933 bits per heavy atom. The molecule has 0 atom stereocenters. The quantitative estimate of drug-likeness (QED) is 0.447. The normalized spacial score (nSPS) is 12.0. The Kier molecular flexibility index (Phi) is 4.24. The van der Waals surface area contributed by atoms with Crippen molar-refractivity contribution in [1.29, 1.82) is 0 Å². The van der Waals surface area contributed by atoms with Crippen LogP contribution >= 0.6 is 0 Å². The van der Waals surface area contributed by atoms with Crippen LogP contribution in [-0.2, 0) is 12.1 Å². The summed E-state index contributed by atoms with van der Waals surface area (Å²) in [6, 6.07) is 18.0. The molecule has 150 valence electrons. The molecule has 30 heavy (non-hydrogen) atoms. The molecule has 0 fully saturated rings. The molecule has 0 unspecified atom stereocenters. The third-order valence-corrected chi connectivity index (χ3v) is 5.04. The molecule has 2 aromatic carbocycles. The second kappa shape index (κ2) is 6.95. The fourth-order valence-electron chi connectivity index (χ4n) is 3.33. The second-order valence-electron chi connectivity index (χ2n) is 8.25. The van der Waals surface area contributed by atoms with Crippen molar-refractivity contribution in [3.05, 3.63) is 72.7 Å². The van der Waals surface area contributed by atoms with Crippen molar-refractivity contribution < 1.29 is 4.74 Å². The van der Waals surface area contributed by atoms with Gasteiger partial charge < -0.3 is 4.74 Å². The minimum Gasteiger partial charge on any atom is -0.471 e. The third-order valence-electron chi connectivity index (χ3n) is 5.04. The van der Waals surface area contributed by atoms with Crippen molar-refractivity contribution in [2.45, 2.75) is 32.9 Å². The van der Waals surface area contributed by atoms with Crippen LogP contribution in [0, 0.1) is 0 Å². The average molecular weight is 398 g/mol. The maximum Gasteiger partial charge on any atom is 0.202 e. The van der Waals surface area contributed by atoms with Gasteiger partial charge in [0, 0.05) is 11.6 Å². The van der Waals surface area contributed by atoms with E-state index in [1.165, 1.54) is 5.56 Å². The number of nitrogens with zero attached hydrogens (tertiary/aromatic N) is 6. The summed E-state index contributed by atoms with van der Waals surface area (Å²) in [5, 5.41) is 10.0. The Balaban J connectivity index is 1.35. The van der Waals surface area contributed by atoms with Gasteiger partial charge in [-0.15, -0.1) is 5.10 Å². The molecule has 0 saturated carbocycles. The van der Waals surface area contributed by atoms with Gasteiger partial charge in [0.25, 0.3) is 0 Å². The lowest BCUT2D eigenvalue weighted by molar-refractivity contribution is 0.221. The number of hydrogen-bond donors (Lipinski definition) is 0. The van der Waals surface area contributed by atoms with Crippen molar-refractivity contribution in [2.75, 3.05) is 0 Å². The van der Waals surface area contributed by atoms with Gasteiger partial charge in [-0.25, -0.2) is 19.2 Å². The zero-order chi connectivity index (χ0) is 20.7. The molecule has 5 aromatic rings. The molecule has 7 heteroatoms. The van der Waals surface area contributed by atoms with Crippen molar-refractivity contribution in [3.63, 3.8) is 0 Å². The van der Waals surface area contributed by atoms with E-state index in [1.54, 1.807) is 15.5 Å². The van der Waals surface area contributed by atoms with Crippen LogP contribution in [0.1, 0.15) is 26.3 Å². The first-order chi connectivity index (χ1) is 14.5. The van der Waals surface area contributed by atoms with Gasteiger partial charge in [0.05, 0.1) is 5.52 Å². The Labute approximate surface area is 174 Å². The summed E-state index contributed by atoms with van der Waals surface area (Å²) in [6.07, 6.45) is 3.54. The van der Waals surface area contributed by atoms with E-state index in [4.69, 9.17) is 4.74 Å². The van der Waals surface area contributed by atoms with Gasteiger partial charge in [0.1, 0.15) is 17.8 Å². The largest absolute Gasteiger partial charge is 0.471 e. The number of fused-ring (bicyclic) bond motifs is 3. The molecular weight excluding hydrogens is 376 g/mol. The highest BCUT2D eigenvalue weighted by molar-refractivity contribution is 5.91. The molecule has 0 amide bonds. The predicted molar refractivity (Wildman–Crippen MR) is 115 cm³/mol. The Bertz CT molecular complexity index is 1330. The molecule has 0 saturated heterocycles. The van der Waals surface area contributed by atoms with Gasteiger partial charge in [0.15, 0.2) is 12.4 Å². The average Bonchev–Trinajstić information content (AvgIpc) is 3.39. The highest BCUT2D eigenvalue weighted by atomic mass is 16.5. The molecule has 7 nitrogen and oxygen atoms in total. The van der Waals surface area contributed by atoms with Gasteiger partial charge in [-0.2, -0.15) is 5.10 Å². The van der Waals surface area contributed by atoms with Crippen LogP contribution in [0.2, 0.25) is 0 Å². The minimum atomic E-state index is 0.122. The maximum absolute atomic E-state index is 5.87. The molecule has 0 spiro atoms. The molecule has 3 heterocycles. The summed E-state index contributed by atoms with van der Waals surface area (Å²) >= 11 is 0. The minimum absolute atomic E-state index is 0.122. The summed E-state index contributed by atoms with van der Waals surface area (Å²) in [4.78, 5) is 9.09. The van der Waals surface area contributed by atoms with Crippen LogP contribution in [-0.4, -0.2) is 29.4 Å². The lowest BCUT2D eigenvalue weighted by atomic mass is 9.87. The first kappa shape index (κ1) is 18.3. The number of aromatic nitrogens is 6. The first-order valence-electron chi connectivity index (χ1n) is 9.85. The molecule has 0 aliphatic carbocycles. The van der Waals surface area contributed by atoms with Crippen LogP contribution in [0.25, 0.3) is 28.1 Å². The fourth-order valence-corrected chi connectivity index (χ4v) is 3.33. The number of rotatable bonds is 4. The van der Waals surface area contributed by atoms with Gasteiger partial charge >= 0.3 is 0 Å². The summed E-state index contributed by atoms with van der Waals surface area (Å²) in [5.74, 6) is 1.37. The van der Waals surface area contributed by atoms with Crippen LogP contribution in [0.4, 0.5) is 0 Å². The van der Waals surface area contributed by atoms with Crippen LogP contribution in [0.5, 0.6) is 5.75 Å². The van der Waals surface area contributed by atoms with Crippen molar-refractivity contribution >= 4 is 16.6 Å². The summed E-state index contributed by atoms with van der Waals surface area (Å²) in [6.45, 7) is 6.90. The summed E-state index contributed by atoms with van der Waals surface area (Å²) < 4.78 is 9.29. The van der Waals surface area contributed by atoms with Gasteiger partial charge in [-0.1, -0.05) is 45.0 Å². The molecule has 0 aliphatic heterocycles. The van der Waals surface area contributed by atoms with E-state index < -0.39 is 0 Å². The van der Waals surface area contributed by atoms with Crippen molar-refractivity contribution in [2.24, 2.45) is 0 Å². The first-order valence-corrected chi connectivity index (χ1v) is 9.85. The van der Waals surface area contributed by atoms with Crippen molar-refractivity contribution in [1.82, 2.24) is 29.4 Å². The molecule has 5 rings (SSSR count). The summed E-state index contributed by atoms with van der Waals surface area (Å²) in [5.41, 5.74) is 3.74. The van der Waals surface area contributed by atoms with Crippen LogP contribution in [0.3, 0.4) is 0 Å².